The van der Waals surface area contributed by atoms with E-state index in [0.717, 1.165) is 19.6 Å². The largest absolute Gasteiger partial charge is 0.296 e. The van der Waals surface area contributed by atoms with Crippen molar-refractivity contribution in [2.75, 3.05) is 0 Å². The molecule has 2 aromatic rings. The topological polar surface area (TPSA) is 54.4 Å². The predicted octanol–water partition coefficient (Wildman–Crippen LogP) is 4.86. The maximum absolute atomic E-state index is 11.3. The van der Waals surface area contributed by atoms with Gasteiger partial charge >= 0.3 is 0 Å². The second-order valence-corrected chi connectivity index (χ2v) is 8.40. The summed E-state index contributed by atoms with van der Waals surface area (Å²) in [5.41, 5.74) is 0. The molecule has 0 amide bonds. The van der Waals surface area contributed by atoms with Crippen molar-refractivity contribution in [3.8, 4) is 0 Å². The molecule has 1 aliphatic heterocycles. The number of hydrogen-bond donors (Lipinski definition) is 1. The van der Waals surface area contributed by atoms with Crippen LogP contribution in [0.2, 0.25) is 10.0 Å². The van der Waals surface area contributed by atoms with Crippen molar-refractivity contribution >= 4 is 56.8 Å². The molecule has 1 aliphatic rings. The average molecular weight is 365 g/mol. The minimum atomic E-state index is -4.33. The van der Waals surface area contributed by atoms with Gasteiger partial charge in [0.05, 0.1) is 5.02 Å². The zero-order valence-corrected chi connectivity index (χ0v) is 13.6. The van der Waals surface area contributed by atoms with Crippen molar-refractivity contribution < 1.29 is 13.0 Å². The predicted molar refractivity (Wildman–Crippen MR) is 81.0 cm³/mol. The highest BCUT2D eigenvalue weighted by Gasteiger charge is 2.23. The van der Waals surface area contributed by atoms with E-state index >= 15 is 0 Å². The lowest BCUT2D eigenvalue weighted by Crippen LogP contribution is -2.01. The third-order valence-corrected chi connectivity index (χ3v) is 6.68. The first-order valence-corrected chi connectivity index (χ1v) is 9.14. The molecule has 0 saturated heterocycles. The average Bonchev–Trinajstić information content (AvgIpc) is 2.34. The summed E-state index contributed by atoms with van der Waals surface area (Å²) in [6.07, 6.45) is 0. The fraction of sp³-hybridized carbons (Fsp3) is 0. The van der Waals surface area contributed by atoms with Crippen molar-refractivity contribution in [1.29, 1.82) is 0 Å². The van der Waals surface area contributed by atoms with E-state index in [4.69, 9.17) is 27.8 Å². The molecule has 2 aromatic carbocycles. The third kappa shape index (κ3) is 2.68. The first kappa shape index (κ1) is 14.6. The molecular weight excluding hydrogens is 359 g/mol. The molecule has 0 fully saturated rings. The number of halogens is 2. The Kier molecular flexibility index (Phi) is 3.73. The molecule has 0 spiro atoms. The number of benzene rings is 2. The molecule has 104 valence electrons. The van der Waals surface area contributed by atoms with E-state index in [9.17, 15) is 8.42 Å². The van der Waals surface area contributed by atoms with Gasteiger partial charge in [0.1, 0.15) is 4.90 Å². The van der Waals surface area contributed by atoms with Gasteiger partial charge in [0.15, 0.2) is 0 Å². The monoisotopic (exact) mass is 364 g/mol. The molecule has 0 aliphatic carbocycles. The van der Waals surface area contributed by atoms with Crippen LogP contribution in [0, 0.1) is 0 Å². The zero-order chi connectivity index (χ0) is 14.5. The van der Waals surface area contributed by atoms with E-state index in [1.807, 2.05) is 12.1 Å². The maximum Gasteiger partial charge on any atom is 0.296 e. The minimum Gasteiger partial charge on any atom is -0.282 e. The number of hydrogen-bond acceptors (Lipinski definition) is 4. The molecule has 20 heavy (non-hydrogen) atoms. The number of rotatable bonds is 1. The van der Waals surface area contributed by atoms with Crippen LogP contribution in [0.15, 0.2) is 54.8 Å². The van der Waals surface area contributed by atoms with Gasteiger partial charge in [-0.25, -0.2) is 0 Å². The summed E-state index contributed by atoms with van der Waals surface area (Å²) in [5.74, 6) is 0. The van der Waals surface area contributed by atoms with Gasteiger partial charge < -0.3 is 0 Å². The highest BCUT2D eigenvalue weighted by Crippen LogP contribution is 2.50. The molecule has 1 N–H and O–H groups in total. The van der Waals surface area contributed by atoms with Crippen LogP contribution in [0.3, 0.4) is 0 Å². The second kappa shape index (κ2) is 5.12. The summed E-state index contributed by atoms with van der Waals surface area (Å²) >= 11 is 14.7. The normalized spacial score (nSPS) is 13.8. The van der Waals surface area contributed by atoms with Crippen molar-refractivity contribution in [2.45, 2.75) is 24.5 Å². The van der Waals surface area contributed by atoms with E-state index in [2.05, 4.69) is 0 Å². The molecule has 0 aromatic heterocycles. The summed E-state index contributed by atoms with van der Waals surface area (Å²) in [4.78, 5) is 3.27. The lowest BCUT2D eigenvalue weighted by atomic mass is 10.3. The van der Waals surface area contributed by atoms with Crippen LogP contribution in [-0.4, -0.2) is 13.0 Å². The summed E-state index contributed by atoms with van der Waals surface area (Å²) in [5, 5.41) is 0.626. The van der Waals surface area contributed by atoms with Crippen LogP contribution < -0.4 is 0 Å². The molecular formula is C12H6Cl2O3S3. The smallest absolute Gasteiger partial charge is 0.282 e. The molecule has 0 atom stereocenters. The van der Waals surface area contributed by atoms with Crippen LogP contribution in [0.1, 0.15) is 0 Å². The van der Waals surface area contributed by atoms with Gasteiger partial charge in [0, 0.05) is 24.6 Å². The first-order chi connectivity index (χ1) is 9.34. The minimum absolute atomic E-state index is 0.0109. The fourth-order valence-electron chi connectivity index (χ4n) is 1.76. The highest BCUT2D eigenvalue weighted by molar-refractivity contribution is 8.05. The van der Waals surface area contributed by atoms with E-state index in [-0.39, 0.29) is 9.92 Å². The Morgan fingerprint density at radius 1 is 0.900 bits per heavy atom. The summed E-state index contributed by atoms with van der Waals surface area (Å²) < 4.78 is 31.7. The maximum atomic E-state index is 11.3. The van der Waals surface area contributed by atoms with E-state index < -0.39 is 10.1 Å². The summed E-state index contributed by atoms with van der Waals surface area (Å²) in [6.45, 7) is 0. The SMILES string of the molecule is O=S(=O)(O)c1cc2c(cc1Cl)Sc1ccc(Cl)cc1S2. The van der Waals surface area contributed by atoms with Gasteiger partial charge in [-0.05, 0) is 30.3 Å². The van der Waals surface area contributed by atoms with Gasteiger partial charge in [-0.15, -0.1) is 0 Å². The van der Waals surface area contributed by atoms with Crippen molar-refractivity contribution in [2.24, 2.45) is 0 Å². The van der Waals surface area contributed by atoms with Crippen LogP contribution in [0.25, 0.3) is 0 Å². The van der Waals surface area contributed by atoms with Crippen LogP contribution in [0.4, 0.5) is 0 Å². The molecule has 3 nitrogen and oxygen atoms in total. The quantitative estimate of drug-likeness (QED) is 0.625. The van der Waals surface area contributed by atoms with Gasteiger partial charge in [-0.1, -0.05) is 46.7 Å². The Morgan fingerprint density at radius 2 is 1.50 bits per heavy atom. The van der Waals surface area contributed by atoms with E-state index in [1.54, 1.807) is 12.1 Å². The van der Waals surface area contributed by atoms with Crippen LogP contribution in [0.5, 0.6) is 0 Å². The van der Waals surface area contributed by atoms with Gasteiger partial charge in [-0.2, -0.15) is 8.42 Å². The van der Waals surface area contributed by atoms with Gasteiger partial charge in [0.25, 0.3) is 10.1 Å². The van der Waals surface area contributed by atoms with Crippen molar-refractivity contribution in [1.82, 2.24) is 0 Å². The first-order valence-electron chi connectivity index (χ1n) is 5.31. The molecule has 0 unspecified atom stereocenters. The Bertz CT molecular complexity index is 819. The van der Waals surface area contributed by atoms with Gasteiger partial charge in [-0.3, -0.25) is 4.55 Å². The summed E-state index contributed by atoms with van der Waals surface area (Å²) in [6, 6.07) is 8.46. The molecule has 0 bridgehead atoms. The molecule has 1 heterocycles. The van der Waals surface area contributed by atoms with Crippen molar-refractivity contribution in [3.05, 3.63) is 40.4 Å². The van der Waals surface area contributed by atoms with Crippen LogP contribution >= 0.6 is 46.7 Å². The zero-order valence-electron chi connectivity index (χ0n) is 9.63. The molecule has 3 rings (SSSR count). The molecule has 0 saturated carbocycles. The second-order valence-electron chi connectivity index (χ2n) is 4.00. The highest BCUT2D eigenvalue weighted by atomic mass is 35.5. The Labute approximate surface area is 134 Å². The fourth-order valence-corrected chi connectivity index (χ4v) is 5.46. The molecule has 8 heteroatoms. The lowest BCUT2D eigenvalue weighted by Gasteiger charge is -2.19. The molecule has 0 radical (unpaired) electrons. The lowest BCUT2D eigenvalue weighted by molar-refractivity contribution is 0.483. The Morgan fingerprint density at radius 3 is 2.20 bits per heavy atom. The third-order valence-electron chi connectivity index (χ3n) is 2.62. The van der Waals surface area contributed by atoms with Crippen LogP contribution in [-0.2, 0) is 10.1 Å². The number of fused-ring (bicyclic) bond motifs is 2. The van der Waals surface area contributed by atoms with Crippen molar-refractivity contribution in [3.63, 3.8) is 0 Å². The Hall–Kier alpha value is -0.370. The standard InChI is InChI=1S/C12H6Cl2O3S3/c13-6-1-2-8-9(3-6)19-11-5-12(20(15,16)17)7(14)4-10(11)18-8/h1-5H,(H,15,16,17). The van der Waals surface area contributed by atoms with E-state index in [1.165, 1.54) is 29.6 Å². The summed E-state index contributed by atoms with van der Waals surface area (Å²) in [7, 11) is -4.33. The van der Waals surface area contributed by atoms with E-state index in [0.29, 0.717) is 5.02 Å². The van der Waals surface area contributed by atoms with Gasteiger partial charge in [0.2, 0.25) is 0 Å². The Balaban J connectivity index is 2.14.